The van der Waals surface area contributed by atoms with Gasteiger partial charge in [0.05, 0.1) is 5.69 Å². The topological polar surface area (TPSA) is 101 Å². The molecule has 128 valence electrons. The lowest BCUT2D eigenvalue weighted by Crippen LogP contribution is -2.36. The SMILES string of the molecule is NC(CCC[C@H](NCc1ccccn1)C(=O)O)Cc1ccccn1. The molecule has 1 unspecified atom stereocenters. The first kappa shape index (κ1) is 18.0. The van der Waals surface area contributed by atoms with Gasteiger partial charge in [0.1, 0.15) is 6.04 Å². The third kappa shape index (κ3) is 6.44. The maximum absolute atomic E-state index is 11.4. The summed E-state index contributed by atoms with van der Waals surface area (Å²) >= 11 is 0. The summed E-state index contributed by atoms with van der Waals surface area (Å²) in [5.74, 6) is -0.843. The van der Waals surface area contributed by atoms with Gasteiger partial charge in [0.25, 0.3) is 0 Å². The fourth-order valence-electron chi connectivity index (χ4n) is 2.52. The van der Waals surface area contributed by atoms with Crippen LogP contribution in [0.2, 0.25) is 0 Å². The minimum absolute atomic E-state index is 0.00913. The highest BCUT2D eigenvalue weighted by atomic mass is 16.4. The molecule has 6 nitrogen and oxygen atoms in total. The Hall–Kier alpha value is -2.31. The van der Waals surface area contributed by atoms with Gasteiger partial charge in [-0.25, -0.2) is 0 Å². The van der Waals surface area contributed by atoms with Crippen LogP contribution in [0, 0.1) is 0 Å². The van der Waals surface area contributed by atoms with Gasteiger partial charge >= 0.3 is 5.97 Å². The Bertz CT molecular complexity index is 607. The van der Waals surface area contributed by atoms with E-state index in [9.17, 15) is 9.90 Å². The first-order valence-electron chi connectivity index (χ1n) is 8.16. The highest BCUT2D eigenvalue weighted by Gasteiger charge is 2.17. The summed E-state index contributed by atoms with van der Waals surface area (Å²) in [5.41, 5.74) is 7.91. The molecule has 24 heavy (non-hydrogen) atoms. The zero-order valence-corrected chi connectivity index (χ0v) is 13.6. The Morgan fingerprint density at radius 2 is 1.75 bits per heavy atom. The van der Waals surface area contributed by atoms with Gasteiger partial charge in [0, 0.05) is 37.1 Å². The number of pyridine rings is 2. The van der Waals surface area contributed by atoms with Crippen molar-refractivity contribution in [3.05, 3.63) is 60.2 Å². The third-order valence-corrected chi connectivity index (χ3v) is 3.82. The van der Waals surface area contributed by atoms with Crippen molar-refractivity contribution in [1.29, 1.82) is 0 Å². The Morgan fingerprint density at radius 3 is 2.33 bits per heavy atom. The summed E-state index contributed by atoms with van der Waals surface area (Å²) in [6, 6.07) is 10.8. The minimum Gasteiger partial charge on any atom is -0.480 e. The van der Waals surface area contributed by atoms with Gasteiger partial charge in [-0.05, 0) is 43.5 Å². The fraction of sp³-hybridized carbons (Fsp3) is 0.389. The minimum atomic E-state index is -0.843. The molecule has 6 heteroatoms. The lowest BCUT2D eigenvalue weighted by Gasteiger charge is -2.16. The molecular weight excluding hydrogens is 304 g/mol. The number of carboxylic acids is 1. The molecular formula is C18H24N4O2. The number of hydrogen-bond donors (Lipinski definition) is 3. The number of aromatic nitrogens is 2. The van der Waals surface area contributed by atoms with Crippen molar-refractivity contribution in [2.45, 2.75) is 44.3 Å². The summed E-state index contributed by atoms with van der Waals surface area (Å²) in [4.78, 5) is 19.8. The van der Waals surface area contributed by atoms with E-state index in [1.54, 1.807) is 12.4 Å². The standard InChI is InChI=1S/C18H24N4O2/c19-14(12-15-7-1-3-10-20-15)6-5-9-17(18(23)24)22-13-16-8-2-4-11-21-16/h1-4,7-8,10-11,14,17,22H,5-6,9,12-13,19H2,(H,23,24)/t14?,17-/m0/s1. The molecule has 4 N–H and O–H groups in total. The van der Waals surface area contributed by atoms with Crippen molar-refractivity contribution in [3.8, 4) is 0 Å². The second kappa shape index (κ2) is 9.75. The van der Waals surface area contributed by atoms with Crippen LogP contribution < -0.4 is 11.1 Å². The number of nitrogens with two attached hydrogens (primary N) is 1. The normalized spacial score (nSPS) is 13.4. The largest absolute Gasteiger partial charge is 0.480 e. The van der Waals surface area contributed by atoms with Gasteiger partial charge in [0.15, 0.2) is 0 Å². The number of hydrogen-bond acceptors (Lipinski definition) is 5. The van der Waals surface area contributed by atoms with Crippen molar-refractivity contribution in [1.82, 2.24) is 15.3 Å². The maximum Gasteiger partial charge on any atom is 0.320 e. The molecule has 0 radical (unpaired) electrons. The molecule has 0 spiro atoms. The lowest BCUT2D eigenvalue weighted by atomic mass is 10.0. The summed E-state index contributed by atoms with van der Waals surface area (Å²) in [6.07, 6.45) is 6.22. The van der Waals surface area contributed by atoms with Crippen molar-refractivity contribution in [3.63, 3.8) is 0 Å². The van der Waals surface area contributed by atoms with Gasteiger partial charge < -0.3 is 10.8 Å². The van der Waals surface area contributed by atoms with Crippen molar-refractivity contribution in [2.24, 2.45) is 5.73 Å². The van der Waals surface area contributed by atoms with Gasteiger partial charge in [-0.1, -0.05) is 12.1 Å². The quantitative estimate of drug-likeness (QED) is 0.614. The Kier molecular flexibility index (Phi) is 7.32. The molecule has 0 aliphatic rings. The van der Waals surface area contributed by atoms with Crippen LogP contribution in [0.15, 0.2) is 48.8 Å². The predicted octanol–water partition coefficient (Wildman–Crippen LogP) is 1.76. The molecule has 0 saturated heterocycles. The van der Waals surface area contributed by atoms with E-state index in [1.165, 1.54) is 0 Å². The monoisotopic (exact) mass is 328 g/mol. The number of nitrogens with zero attached hydrogens (tertiary/aromatic N) is 2. The van der Waals surface area contributed by atoms with Gasteiger partial charge in [0.2, 0.25) is 0 Å². The van der Waals surface area contributed by atoms with E-state index in [0.29, 0.717) is 19.4 Å². The van der Waals surface area contributed by atoms with Gasteiger partial charge in [-0.15, -0.1) is 0 Å². The van der Waals surface area contributed by atoms with Crippen molar-refractivity contribution < 1.29 is 9.90 Å². The number of rotatable bonds is 10. The fourth-order valence-corrected chi connectivity index (χ4v) is 2.52. The van der Waals surface area contributed by atoms with Crippen molar-refractivity contribution >= 4 is 5.97 Å². The van der Waals surface area contributed by atoms with E-state index in [1.807, 2.05) is 36.4 Å². The number of carboxylic acid groups (broad SMARTS) is 1. The van der Waals surface area contributed by atoms with Crippen LogP contribution in [0.25, 0.3) is 0 Å². The van der Waals surface area contributed by atoms with E-state index in [2.05, 4.69) is 15.3 Å². The van der Waals surface area contributed by atoms with E-state index < -0.39 is 12.0 Å². The lowest BCUT2D eigenvalue weighted by molar-refractivity contribution is -0.139. The molecule has 0 amide bonds. The number of carbonyl (C=O) groups is 1. The second-order valence-corrected chi connectivity index (χ2v) is 5.81. The van der Waals surface area contributed by atoms with Crippen LogP contribution in [0.4, 0.5) is 0 Å². The predicted molar refractivity (Wildman–Crippen MR) is 92.3 cm³/mol. The maximum atomic E-state index is 11.4. The average Bonchev–Trinajstić information content (AvgIpc) is 2.59. The van der Waals surface area contributed by atoms with Crippen LogP contribution in [-0.4, -0.2) is 33.1 Å². The second-order valence-electron chi connectivity index (χ2n) is 5.81. The molecule has 0 aliphatic carbocycles. The first-order chi connectivity index (χ1) is 11.6. The van der Waals surface area contributed by atoms with E-state index in [0.717, 1.165) is 24.2 Å². The molecule has 2 atom stereocenters. The Balaban J connectivity index is 1.72. The molecule has 0 bridgehead atoms. The van der Waals surface area contributed by atoms with E-state index in [-0.39, 0.29) is 6.04 Å². The summed E-state index contributed by atoms with van der Waals surface area (Å²) in [6.45, 7) is 0.442. The molecule has 2 aromatic rings. The van der Waals surface area contributed by atoms with Gasteiger partial charge in [-0.2, -0.15) is 0 Å². The Morgan fingerprint density at radius 1 is 1.08 bits per heavy atom. The summed E-state index contributed by atoms with van der Waals surface area (Å²) in [7, 11) is 0. The van der Waals surface area contributed by atoms with E-state index in [4.69, 9.17) is 5.73 Å². The van der Waals surface area contributed by atoms with E-state index >= 15 is 0 Å². The van der Waals surface area contributed by atoms with Crippen LogP contribution >= 0.6 is 0 Å². The zero-order valence-electron chi connectivity index (χ0n) is 13.6. The molecule has 2 aromatic heterocycles. The summed E-state index contributed by atoms with van der Waals surface area (Å²) < 4.78 is 0. The number of nitrogens with one attached hydrogen (secondary N) is 1. The highest BCUT2D eigenvalue weighted by molar-refractivity contribution is 5.73. The van der Waals surface area contributed by atoms with Crippen LogP contribution in [0.1, 0.15) is 30.7 Å². The molecule has 2 heterocycles. The third-order valence-electron chi connectivity index (χ3n) is 3.82. The molecule has 0 saturated carbocycles. The van der Waals surface area contributed by atoms with Crippen LogP contribution in [0.5, 0.6) is 0 Å². The molecule has 0 aliphatic heterocycles. The molecule has 2 rings (SSSR count). The van der Waals surface area contributed by atoms with Gasteiger partial charge in [-0.3, -0.25) is 20.1 Å². The number of aliphatic carboxylic acids is 1. The zero-order chi connectivity index (χ0) is 17.2. The average molecular weight is 328 g/mol. The highest BCUT2D eigenvalue weighted by Crippen LogP contribution is 2.08. The van der Waals surface area contributed by atoms with Crippen LogP contribution in [0.3, 0.4) is 0 Å². The molecule has 0 aromatic carbocycles. The first-order valence-corrected chi connectivity index (χ1v) is 8.16. The smallest absolute Gasteiger partial charge is 0.320 e. The Labute approximate surface area is 142 Å². The summed E-state index contributed by atoms with van der Waals surface area (Å²) in [5, 5.41) is 12.4. The molecule has 0 fully saturated rings. The van der Waals surface area contributed by atoms with Crippen LogP contribution in [-0.2, 0) is 17.8 Å². The van der Waals surface area contributed by atoms with Crippen molar-refractivity contribution in [2.75, 3.05) is 0 Å².